The lowest BCUT2D eigenvalue weighted by Crippen LogP contribution is -2.25. The van der Waals surface area contributed by atoms with Crippen molar-refractivity contribution in [3.8, 4) is 11.5 Å². The van der Waals surface area contributed by atoms with Gasteiger partial charge in [-0.25, -0.2) is 4.79 Å². The molecule has 1 N–H and O–H groups in total. The van der Waals surface area contributed by atoms with Crippen molar-refractivity contribution in [1.29, 1.82) is 0 Å². The van der Waals surface area contributed by atoms with Crippen LogP contribution in [0.2, 0.25) is 0 Å². The van der Waals surface area contributed by atoms with Gasteiger partial charge in [0, 0.05) is 7.05 Å². The van der Waals surface area contributed by atoms with Gasteiger partial charge < -0.3 is 14.8 Å². The molecule has 0 unspecified atom stereocenters. The van der Waals surface area contributed by atoms with Gasteiger partial charge in [-0.2, -0.15) is 0 Å². The fourth-order valence-electron chi connectivity index (χ4n) is 2.82. The fourth-order valence-corrected chi connectivity index (χ4v) is 3.60. The van der Waals surface area contributed by atoms with E-state index in [-0.39, 0.29) is 11.6 Å². The van der Waals surface area contributed by atoms with Crippen LogP contribution in [0.5, 0.6) is 11.5 Å². The number of halogens is 1. The quantitative estimate of drug-likeness (QED) is 0.375. The highest BCUT2D eigenvalue weighted by Crippen LogP contribution is 2.35. The van der Waals surface area contributed by atoms with E-state index in [4.69, 9.17) is 9.47 Å². The summed E-state index contributed by atoms with van der Waals surface area (Å²) in [6, 6.07) is 11.4. The Balaban J connectivity index is 1.88. The van der Waals surface area contributed by atoms with Crippen LogP contribution in [0.1, 0.15) is 23.6 Å². The largest absolute Gasteiger partial charge is 0.490 e. The summed E-state index contributed by atoms with van der Waals surface area (Å²) in [6.07, 6.45) is 1.64. The molecule has 7 heteroatoms. The molecule has 0 bridgehead atoms. The first-order valence-electron chi connectivity index (χ1n) is 8.84. The van der Waals surface area contributed by atoms with Crippen LogP contribution in [0.4, 0.5) is 4.79 Å². The third-order valence-electron chi connectivity index (χ3n) is 4.19. The maximum Gasteiger partial charge on any atom is 0.328 e. The molecule has 1 fully saturated rings. The number of carbonyl (C=O) groups is 2. The average molecular weight is 492 g/mol. The zero-order chi connectivity index (χ0) is 20.3. The molecule has 2 aromatic carbocycles. The first-order valence-corrected chi connectivity index (χ1v) is 9.92. The van der Waals surface area contributed by atoms with Crippen LogP contribution in [-0.2, 0) is 11.4 Å². The Morgan fingerprint density at radius 2 is 1.96 bits per heavy atom. The Labute approximate surface area is 177 Å². The first-order chi connectivity index (χ1) is 13.4. The minimum absolute atomic E-state index is 0.235. The second-order valence-corrected chi connectivity index (χ2v) is 7.56. The summed E-state index contributed by atoms with van der Waals surface area (Å²) in [5.41, 5.74) is 3.23. The van der Waals surface area contributed by atoms with E-state index in [2.05, 4.69) is 34.0 Å². The highest BCUT2D eigenvalue weighted by molar-refractivity contribution is 14.1. The number of likely N-dealkylation sites (N-methyl/N-ethyl adjacent to an activating group) is 1. The molecule has 0 aromatic heterocycles. The molecule has 2 aromatic rings. The number of rotatable bonds is 6. The van der Waals surface area contributed by atoms with Crippen LogP contribution >= 0.6 is 22.6 Å². The van der Waals surface area contributed by atoms with Gasteiger partial charge >= 0.3 is 6.03 Å². The third kappa shape index (κ3) is 4.46. The number of hydrogen-bond donors (Lipinski definition) is 1. The zero-order valence-corrected chi connectivity index (χ0v) is 18.1. The van der Waals surface area contributed by atoms with Gasteiger partial charge in [-0.15, -0.1) is 0 Å². The van der Waals surface area contributed by atoms with Crippen molar-refractivity contribution in [3.63, 3.8) is 0 Å². The lowest BCUT2D eigenvalue weighted by Gasteiger charge is -2.15. The maximum atomic E-state index is 12.1. The Kier molecular flexibility index (Phi) is 6.23. The molecule has 1 aliphatic rings. The molecular formula is C21H21IN2O4. The number of nitrogens with one attached hydrogen (secondary N) is 1. The molecule has 3 rings (SSSR count). The van der Waals surface area contributed by atoms with Gasteiger partial charge in [-0.1, -0.05) is 29.8 Å². The molecule has 146 valence electrons. The predicted molar refractivity (Wildman–Crippen MR) is 115 cm³/mol. The van der Waals surface area contributed by atoms with Gasteiger partial charge in [0.25, 0.3) is 5.91 Å². The van der Waals surface area contributed by atoms with Crippen molar-refractivity contribution in [1.82, 2.24) is 10.2 Å². The first kappa shape index (κ1) is 20.2. The Hall–Kier alpha value is -2.55. The van der Waals surface area contributed by atoms with Crippen molar-refractivity contribution < 1.29 is 19.1 Å². The number of nitrogens with zero attached hydrogens (tertiary/aromatic N) is 1. The molecule has 1 aliphatic heterocycles. The van der Waals surface area contributed by atoms with E-state index < -0.39 is 6.03 Å². The van der Waals surface area contributed by atoms with Crippen molar-refractivity contribution >= 4 is 40.6 Å². The van der Waals surface area contributed by atoms with Crippen molar-refractivity contribution in [2.75, 3.05) is 13.7 Å². The van der Waals surface area contributed by atoms with Gasteiger partial charge in [0.15, 0.2) is 11.5 Å². The van der Waals surface area contributed by atoms with Crippen LogP contribution in [0, 0.1) is 10.5 Å². The number of benzene rings is 2. The molecule has 0 spiro atoms. The van der Waals surface area contributed by atoms with Gasteiger partial charge in [0.1, 0.15) is 12.3 Å². The summed E-state index contributed by atoms with van der Waals surface area (Å²) >= 11 is 2.18. The molecular weight excluding hydrogens is 471 g/mol. The molecule has 0 radical (unpaired) electrons. The number of urea groups is 1. The summed E-state index contributed by atoms with van der Waals surface area (Å²) in [6.45, 7) is 4.85. The van der Waals surface area contributed by atoms with E-state index in [0.717, 1.165) is 19.6 Å². The Morgan fingerprint density at radius 1 is 1.18 bits per heavy atom. The standard InChI is InChI=1S/C21H21IN2O4/c1-4-27-18-11-15(10-17-20(25)24(3)21(26)23-17)9-16(22)19(18)28-12-14-7-5-6-13(2)8-14/h5-11H,4,12H2,1-3H3,(H,23,26)/b17-10+. The van der Waals surface area contributed by atoms with Crippen LogP contribution in [0.25, 0.3) is 6.08 Å². The van der Waals surface area contributed by atoms with Gasteiger partial charge in [0.05, 0.1) is 10.2 Å². The predicted octanol–water partition coefficient (Wildman–Crippen LogP) is 4.10. The van der Waals surface area contributed by atoms with Crippen molar-refractivity contribution in [2.45, 2.75) is 20.5 Å². The highest BCUT2D eigenvalue weighted by atomic mass is 127. The summed E-state index contributed by atoms with van der Waals surface area (Å²) in [5, 5.41) is 2.56. The van der Waals surface area contributed by atoms with Crippen LogP contribution in [0.15, 0.2) is 42.1 Å². The van der Waals surface area contributed by atoms with E-state index in [9.17, 15) is 9.59 Å². The normalized spacial score (nSPS) is 15.1. The monoisotopic (exact) mass is 492 g/mol. The number of aryl methyl sites for hydroxylation is 1. The smallest absolute Gasteiger partial charge is 0.328 e. The lowest BCUT2D eigenvalue weighted by atomic mass is 10.1. The second kappa shape index (κ2) is 8.64. The van der Waals surface area contributed by atoms with Crippen LogP contribution in [-0.4, -0.2) is 30.5 Å². The lowest BCUT2D eigenvalue weighted by molar-refractivity contribution is -0.121. The van der Waals surface area contributed by atoms with Gasteiger partial charge in [-0.05, 0) is 65.8 Å². The third-order valence-corrected chi connectivity index (χ3v) is 4.99. The Bertz CT molecular complexity index is 955. The zero-order valence-electron chi connectivity index (χ0n) is 15.9. The SMILES string of the molecule is CCOc1cc(/C=C2/NC(=O)N(C)C2=O)cc(I)c1OCc1cccc(C)c1. The number of ether oxygens (including phenoxy) is 2. The number of imide groups is 1. The van der Waals surface area contributed by atoms with Crippen LogP contribution < -0.4 is 14.8 Å². The molecule has 0 saturated carbocycles. The van der Waals surface area contributed by atoms with E-state index in [1.165, 1.54) is 12.6 Å². The molecule has 0 atom stereocenters. The van der Waals surface area contributed by atoms with Crippen LogP contribution in [0.3, 0.4) is 0 Å². The summed E-state index contributed by atoms with van der Waals surface area (Å²) in [7, 11) is 1.44. The van der Waals surface area contributed by atoms with E-state index in [0.29, 0.717) is 24.7 Å². The highest BCUT2D eigenvalue weighted by Gasteiger charge is 2.30. The second-order valence-electron chi connectivity index (χ2n) is 6.39. The minimum Gasteiger partial charge on any atom is -0.490 e. The number of carbonyl (C=O) groups excluding carboxylic acids is 2. The van der Waals surface area contributed by atoms with E-state index in [1.54, 1.807) is 6.08 Å². The summed E-state index contributed by atoms with van der Waals surface area (Å²) < 4.78 is 12.7. The van der Waals surface area contributed by atoms with Crippen molar-refractivity contribution in [2.24, 2.45) is 0 Å². The molecule has 6 nitrogen and oxygen atoms in total. The fraction of sp³-hybridized carbons (Fsp3) is 0.238. The van der Waals surface area contributed by atoms with E-state index in [1.807, 2.05) is 44.2 Å². The Morgan fingerprint density at radius 3 is 2.61 bits per heavy atom. The maximum absolute atomic E-state index is 12.1. The summed E-state index contributed by atoms with van der Waals surface area (Å²) in [5.74, 6) is 0.891. The molecule has 3 amide bonds. The molecule has 0 aliphatic carbocycles. The van der Waals surface area contributed by atoms with E-state index >= 15 is 0 Å². The number of amides is 3. The van der Waals surface area contributed by atoms with Crippen molar-refractivity contribution in [3.05, 3.63) is 62.4 Å². The minimum atomic E-state index is -0.436. The molecule has 1 heterocycles. The van der Waals surface area contributed by atoms with Gasteiger partial charge in [-0.3, -0.25) is 9.69 Å². The van der Waals surface area contributed by atoms with Gasteiger partial charge in [0.2, 0.25) is 0 Å². The average Bonchev–Trinajstić information content (AvgIpc) is 2.88. The number of hydrogen-bond acceptors (Lipinski definition) is 4. The topological polar surface area (TPSA) is 67.9 Å². The summed E-state index contributed by atoms with van der Waals surface area (Å²) in [4.78, 5) is 24.8. The molecule has 28 heavy (non-hydrogen) atoms. The molecule has 1 saturated heterocycles.